The highest BCUT2D eigenvalue weighted by Crippen LogP contribution is 2.37. The van der Waals surface area contributed by atoms with Crippen LogP contribution >= 0.6 is 11.8 Å². The summed E-state index contributed by atoms with van der Waals surface area (Å²) in [7, 11) is 0. The van der Waals surface area contributed by atoms with Gasteiger partial charge in [-0.05, 0) is 44.1 Å². The Bertz CT molecular complexity index is 809. The predicted octanol–water partition coefficient (Wildman–Crippen LogP) is 3.68. The first-order valence-corrected chi connectivity index (χ1v) is 9.72. The van der Waals surface area contributed by atoms with Crippen molar-refractivity contribution in [1.82, 2.24) is 10.3 Å². The van der Waals surface area contributed by atoms with Crippen LogP contribution in [-0.4, -0.2) is 35.4 Å². The fraction of sp³-hybridized carbons (Fsp3) is 0.316. The van der Waals surface area contributed by atoms with Crippen LogP contribution in [0.15, 0.2) is 58.3 Å². The number of hydrogen-bond donors (Lipinski definition) is 2. The Morgan fingerprint density at radius 2 is 1.70 bits per heavy atom. The van der Waals surface area contributed by atoms with Gasteiger partial charge in [-0.1, -0.05) is 42.4 Å². The zero-order valence-electron chi connectivity index (χ0n) is 14.9. The molecule has 7 nitrogen and oxygen atoms in total. The average molecular weight is 386 g/mol. The number of likely N-dealkylation sites (tertiary alicyclic amines) is 1. The third-order valence-electron chi connectivity index (χ3n) is 4.32. The van der Waals surface area contributed by atoms with Crippen molar-refractivity contribution in [2.45, 2.75) is 29.1 Å². The van der Waals surface area contributed by atoms with Gasteiger partial charge in [0.1, 0.15) is 0 Å². The number of nitrogens with one attached hydrogen (secondary N) is 2. The van der Waals surface area contributed by atoms with E-state index in [1.54, 1.807) is 18.2 Å². The number of carbonyl (C=O) groups is 1. The molecule has 142 valence electrons. The van der Waals surface area contributed by atoms with Gasteiger partial charge in [0.05, 0.1) is 22.1 Å². The minimum atomic E-state index is -0.390. The highest BCUT2D eigenvalue weighted by atomic mass is 32.2. The Hall–Kier alpha value is -2.58. The lowest BCUT2D eigenvalue weighted by Crippen LogP contribution is -2.41. The number of carbonyl (C=O) groups excluding carboxylic acids is 1. The number of hydrogen-bond acceptors (Lipinski definition) is 6. The van der Waals surface area contributed by atoms with Gasteiger partial charge in [-0.25, -0.2) is 0 Å². The van der Waals surface area contributed by atoms with Gasteiger partial charge in [0, 0.05) is 11.0 Å². The fourth-order valence-electron chi connectivity index (χ4n) is 2.97. The molecule has 0 saturated carbocycles. The van der Waals surface area contributed by atoms with Crippen LogP contribution in [0.25, 0.3) is 0 Å². The largest absolute Gasteiger partial charge is 0.297 e. The summed E-state index contributed by atoms with van der Waals surface area (Å²) in [4.78, 5) is 26.5. The first-order chi connectivity index (χ1) is 13.1. The quantitative estimate of drug-likeness (QED) is 0.558. The molecule has 0 atom stereocenters. The van der Waals surface area contributed by atoms with Gasteiger partial charge < -0.3 is 0 Å². The zero-order valence-corrected chi connectivity index (χ0v) is 15.7. The lowest BCUT2D eigenvalue weighted by atomic mass is 10.1. The molecule has 3 rings (SSSR count). The molecular weight excluding hydrogens is 364 g/mol. The molecule has 1 saturated heterocycles. The molecule has 1 aliphatic rings. The Morgan fingerprint density at radius 3 is 2.44 bits per heavy atom. The van der Waals surface area contributed by atoms with Gasteiger partial charge in [0.15, 0.2) is 0 Å². The number of benzene rings is 2. The van der Waals surface area contributed by atoms with Gasteiger partial charge in [-0.2, -0.15) is 0 Å². The summed E-state index contributed by atoms with van der Waals surface area (Å²) in [6, 6.07) is 14.0. The number of nitro groups is 1. The van der Waals surface area contributed by atoms with Crippen molar-refractivity contribution in [3.8, 4) is 0 Å². The first kappa shape index (κ1) is 19.2. The maximum atomic E-state index is 12.2. The van der Waals surface area contributed by atoms with Crippen molar-refractivity contribution >= 4 is 29.0 Å². The van der Waals surface area contributed by atoms with Crippen molar-refractivity contribution in [2.24, 2.45) is 0 Å². The fourth-order valence-corrected chi connectivity index (χ4v) is 3.98. The van der Waals surface area contributed by atoms with E-state index in [1.165, 1.54) is 24.2 Å². The summed E-state index contributed by atoms with van der Waals surface area (Å²) in [6.07, 6.45) is 3.50. The molecule has 0 aromatic heterocycles. The minimum Gasteiger partial charge on any atom is -0.297 e. The molecule has 0 bridgehead atoms. The standard InChI is InChI=1S/C19H22N4O3S/c24-19(14-22-12-6-1-7-13-22)21-20-15-8-2-4-10-17(15)27-18-11-5-3-9-16(18)23(25)26/h2-5,8-11,20H,1,6-7,12-14H2,(H,21,24). The van der Waals surface area contributed by atoms with Gasteiger partial charge in [-0.3, -0.25) is 30.7 Å². The Kier molecular flexibility index (Phi) is 6.67. The minimum absolute atomic E-state index is 0.0615. The number of anilines is 1. The van der Waals surface area contributed by atoms with Crippen LogP contribution in [0.4, 0.5) is 11.4 Å². The summed E-state index contributed by atoms with van der Waals surface area (Å²) >= 11 is 1.29. The molecule has 0 aliphatic carbocycles. The van der Waals surface area contributed by atoms with E-state index in [9.17, 15) is 14.9 Å². The second-order valence-corrected chi connectivity index (χ2v) is 7.42. The third kappa shape index (κ3) is 5.45. The maximum absolute atomic E-state index is 12.2. The van der Waals surface area contributed by atoms with Crippen molar-refractivity contribution < 1.29 is 9.72 Å². The SMILES string of the molecule is O=C(CN1CCCCC1)NNc1ccccc1Sc1ccccc1[N+](=O)[O-]. The van der Waals surface area contributed by atoms with Crippen LogP contribution in [0.3, 0.4) is 0 Å². The van der Waals surface area contributed by atoms with Crippen molar-refractivity contribution in [2.75, 3.05) is 25.1 Å². The number of nitrogens with zero attached hydrogens (tertiary/aromatic N) is 2. The molecule has 1 fully saturated rings. The third-order valence-corrected chi connectivity index (χ3v) is 5.46. The van der Waals surface area contributed by atoms with Crippen molar-refractivity contribution in [1.29, 1.82) is 0 Å². The van der Waals surface area contributed by atoms with E-state index in [-0.39, 0.29) is 11.6 Å². The highest BCUT2D eigenvalue weighted by molar-refractivity contribution is 7.99. The zero-order chi connectivity index (χ0) is 19.1. The van der Waals surface area contributed by atoms with Crippen LogP contribution in [0.5, 0.6) is 0 Å². The maximum Gasteiger partial charge on any atom is 0.283 e. The number of amides is 1. The summed E-state index contributed by atoms with van der Waals surface area (Å²) in [5.74, 6) is -0.0950. The predicted molar refractivity (Wildman–Crippen MR) is 106 cm³/mol. The van der Waals surface area contributed by atoms with Crippen LogP contribution < -0.4 is 10.9 Å². The van der Waals surface area contributed by atoms with E-state index < -0.39 is 4.92 Å². The molecule has 0 spiro atoms. The molecule has 8 heteroatoms. The van der Waals surface area contributed by atoms with Crippen LogP contribution in [0, 0.1) is 10.1 Å². The Labute approximate surface area is 162 Å². The second kappa shape index (κ2) is 9.38. The monoisotopic (exact) mass is 386 g/mol. The van der Waals surface area contributed by atoms with Crippen LogP contribution in [0.2, 0.25) is 0 Å². The van der Waals surface area contributed by atoms with E-state index in [0.717, 1.165) is 30.8 Å². The highest BCUT2D eigenvalue weighted by Gasteiger charge is 2.16. The summed E-state index contributed by atoms with van der Waals surface area (Å²) < 4.78 is 0. The summed E-state index contributed by atoms with van der Waals surface area (Å²) in [5.41, 5.74) is 6.45. The number of hydrazine groups is 1. The molecule has 2 aromatic rings. The Balaban J connectivity index is 1.64. The molecule has 0 unspecified atom stereocenters. The molecule has 27 heavy (non-hydrogen) atoms. The van der Waals surface area contributed by atoms with Crippen molar-refractivity contribution in [3.63, 3.8) is 0 Å². The van der Waals surface area contributed by atoms with E-state index in [0.29, 0.717) is 17.1 Å². The van der Waals surface area contributed by atoms with Crippen LogP contribution in [-0.2, 0) is 4.79 Å². The van der Waals surface area contributed by atoms with Gasteiger partial charge in [0.2, 0.25) is 0 Å². The van der Waals surface area contributed by atoms with E-state index in [2.05, 4.69) is 15.8 Å². The molecule has 2 aromatic carbocycles. The summed E-state index contributed by atoms with van der Waals surface area (Å²) in [6.45, 7) is 2.28. The number of rotatable bonds is 7. The average Bonchev–Trinajstić information content (AvgIpc) is 2.68. The number of piperidine rings is 1. The molecular formula is C19H22N4O3S. The topological polar surface area (TPSA) is 87.5 Å². The summed E-state index contributed by atoms with van der Waals surface area (Å²) in [5, 5.41) is 11.2. The number of para-hydroxylation sites is 2. The van der Waals surface area contributed by atoms with Crippen molar-refractivity contribution in [3.05, 3.63) is 58.6 Å². The molecule has 0 radical (unpaired) electrons. The molecule has 1 heterocycles. The van der Waals surface area contributed by atoms with Gasteiger partial charge in [0.25, 0.3) is 11.6 Å². The van der Waals surface area contributed by atoms with E-state index in [4.69, 9.17) is 0 Å². The van der Waals surface area contributed by atoms with Gasteiger partial charge in [-0.15, -0.1) is 0 Å². The van der Waals surface area contributed by atoms with E-state index in [1.807, 2.05) is 24.3 Å². The number of nitro benzene ring substituents is 1. The molecule has 1 aliphatic heterocycles. The first-order valence-electron chi connectivity index (χ1n) is 8.91. The molecule has 1 amide bonds. The van der Waals surface area contributed by atoms with Gasteiger partial charge >= 0.3 is 0 Å². The Morgan fingerprint density at radius 1 is 1.04 bits per heavy atom. The normalized spacial score (nSPS) is 14.5. The lowest BCUT2D eigenvalue weighted by Gasteiger charge is -2.25. The smallest absolute Gasteiger partial charge is 0.283 e. The second-order valence-electron chi connectivity index (χ2n) is 6.33. The van der Waals surface area contributed by atoms with Crippen LogP contribution in [0.1, 0.15) is 19.3 Å². The lowest BCUT2D eigenvalue weighted by molar-refractivity contribution is -0.387. The molecule has 2 N–H and O–H groups in total. The van der Waals surface area contributed by atoms with E-state index >= 15 is 0 Å².